The first-order valence-corrected chi connectivity index (χ1v) is 15.1. The Labute approximate surface area is 315 Å². The summed E-state index contributed by atoms with van der Waals surface area (Å²) in [6.07, 6.45) is 1.25. The number of hydrogen-bond acceptors (Lipinski definition) is 10. The molecule has 10 nitrogen and oxygen atoms in total. The zero-order valence-corrected chi connectivity index (χ0v) is 34.2. The van der Waals surface area contributed by atoms with Gasteiger partial charge in [-0.1, -0.05) is 77.7 Å². The summed E-state index contributed by atoms with van der Waals surface area (Å²) in [5.41, 5.74) is -0.983. The van der Waals surface area contributed by atoms with Crippen LogP contribution in [0.15, 0.2) is 0 Å². The van der Waals surface area contributed by atoms with E-state index in [0.717, 1.165) is 13.7 Å². The minimum atomic E-state index is -0.328. The first kappa shape index (κ1) is 104. The maximum atomic E-state index is 10.2. The average molecular weight is 723 g/mol. The Bertz CT molecular complexity index is 418. The lowest BCUT2D eigenvalue weighted by Gasteiger charge is -2.17. The Kier molecular flexibility index (Phi) is 181. The van der Waals surface area contributed by atoms with E-state index in [1.54, 1.807) is 21.0 Å². The lowest BCUT2D eigenvalue weighted by Crippen LogP contribution is -2.21. The first-order valence-electron chi connectivity index (χ1n) is 15.1. The Morgan fingerprint density at radius 2 is 0.571 bits per heavy atom. The van der Waals surface area contributed by atoms with Crippen LogP contribution in [0.25, 0.3) is 0 Å². The standard InChI is InChI=1S/3C6H12O2.C3H8O.C3H8.2C2H6O.2C2H6.CH4O.4CH4.2B/c3*1-5(7)8-6(2,3)4;1-3-4-2;1-3-2;2*1-2-3;3*1-2;;;;;;/h3*1-4H3;3H2,1-2H3;3H2,1-2H3;2*3H,2H2,1H3;2*1-2H3;2H,1H3;4*1H4;;. The van der Waals surface area contributed by atoms with Crippen molar-refractivity contribution in [2.45, 2.75) is 198 Å². The van der Waals surface area contributed by atoms with Crippen molar-refractivity contribution in [3.63, 3.8) is 0 Å². The van der Waals surface area contributed by atoms with Gasteiger partial charge in [-0.3, -0.25) is 14.4 Å². The van der Waals surface area contributed by atoms with Crippen LogP contribution in [0.2, 0.25) is 0 Å². The summed E-state index contributed by atoms with van der Waals surface area (Å²) in [7, 11) is 2.68. The summed E-state index contributed by atoms with van der Waals surface area (Å²) < 4.78 is 18.9. The fourth-order valence-corrected chi connectivity index (χ4v) is 1.29. The van der Waals surface area contributed by atoms with Gasteiger partial charge in [-0.25, -0.2) is 0 Å². The highest BCUT2D eigenvalue weighted by atomic mass is 16.6. The second-order valence-electron chi connectivity index (χ2n) is 10.0. The number of hydrogen-bond donors (Lipinski definition) is 3. The van der Waals surface area contributed by atoms with Crippen molar-refractivity contribution in [1.29, 1.82) is 0 Å². The Morgan fingerprint density at radius 3 is 0.571 bits per heavy atom. The van der Waals surface area contributed by atoms with Crippen molar-refractivity contribution >= 4 is 34.7 Å². The van der Waals surface area contributed by atoms with E-state index >= 15 is 0 Å². The van der Waals surface area contributed by atoms with Crippen LogP contribution in [0.1, 0.15) is 182 Å². The third-order valence-electron chi connectivity index (χ3n) is 1.64. The van der Waals surface area contributed by atoms with Gasteiger partial charge in [0.25, 0.3) is 0 Å². The highest BCUT2D eigenvalue weighted by Crippen LogP contribution is 2.06. The fraction of sp³-hybridized carbons (Fsp3) is 0.919. The summed E-state index contributed by atoms with van der Waals surface area (Å²) in [6.45, 7) is 39.7. The fourth-order valence-electron chi connectivity index (χ4n) is 1.29. The molecule has 0 aromatic heterocycles. The maximum Gasteiger partial charge on any atom is 0.303 e. The van der Waals surface area contributed by atoms with E-state index in [9.17, 15) is 14.4 Å². The van der Waals surface area contributed by atoms with Gasteiger partial charge >= 0.3 is 17.9 Å². The normalized spacial score (nSPS) is 7.47. The number of aliphatic hydroxyl groups is 3. The SMILES string of the molecule is C.C.C.C.CC.CC.CC(=O)OC(C)(C)C.CC(=O)OC(C)(C)C.CC(=O)OC(C)(C)C.CCC.CCO.CCO.CCOC.CO.[B].[B]. The molecule has 0 fully saturated rings. The molecule has 0 aliphatic carbocycles. The van der Waals surface area contributed by atoms with Gasteiger partial charge in [0.1, 0.15) is 16.8 Å². The first-order chi connectivity index (χ1) is 19.4. The Morgan fingerprint density at radius 1 is 0.490 bits per heavy atom. The summed E-state index contributed by atoms with van der Waals surface area (Å²) in [5.74, 6) is -0.674. The molecule has 0 bridgehead atoms. The second-order valence-corrected chi connectivity index (χ2v) is 10.0. The molecule has 0 spiro atoms. The smallest absolute Gasteiger partial charge is 0.303 e. The monoisotopic (exact) mass is 723 g/mol. The van der Waals surface area contributed by atoms with Crippen LogP contribution >= 0.6 is 0 Å². The van der Waals surface area contributed by atoms with Crippen LogP contribution in [0.3, 0.4) is 0 Å². The van der Waals surface area contributed by atoms with E-state index in [4.69, 9.17) is 29.5 Å². The number of methoxy groups -OCH3 is 1. The van der Waals surface area contributed by atoms with Crippen LogP contribution in [-0.4, -0.2) is 101 Å². The molecule has 49 heavy (non-hydrogen) atoms. The molecule has 0 aromatic rings. The van der Waals surface area contributed by atoms with Gasteiger partial charge in [0.15, 0.2) is 0 Å². The van der Waals surface area contributed by atoms with Gasteiger partial charge in [0.2, 0.25) is 0 Å². The molecule has 12 heteroatoms. The van der Waals surface area contributed by atoms with Crippen molar-refractivity contribution in [1.82, 2.24) is 0 Å². The lowest BCUT2D eigenvalue weighted by atomic mass is 10.2. The summed E-state index contributed by atoms with van der Waals surface area (Å²) in [5, 5.41) is 22.1. The molecule has 310 valence electrons. The zero-order chi connectivity index (χ0) is 37.9. The highest BCUT2D eigenvalue weighted by Gasteiger charge is 2.13. The quantitative estimate of drug-likeness (QED) is 0.136. The predicted molar refractivity (Wildman–Crippen MR) is 223 cm³/mol. The van der Waals surface area contributed by atoms with E-state index in [0.29, 0.717) is 0 Å². The van der Waals surface area contributed by atoms with Gasteiger partial charge < -0.3 is 34.3 Å². The molecule has 0 saturated carbocycles. The van der Waals surface area contributed by atoms with E-state index in [1.165, 1.54) is 27.2 Å². The van der Waals surface area contributed by atoms with Crippen molar-refractivity contribution in [3.05, 3.63) is 0 Å². The molecule has 0 atom stereocenters. The van der Waals surface area contributed by atoms with Crippen LogP contribution in [0, 0.1) is 0 Å². The molecule has 0 aliphatic rings. The topological polar surface area (TPSA) is 149 Å². The van der Waals surface area contributed by atoms with E-state index < -0.39 is 0 Å². The molecule has 0 aromatic carbocycles. The highest BCUT2D eigenvalue weighted by molar-refractivity contribution is 5.76. The molecule has 6 radical (unpaired) electrons. The van der Waals surface area contributed by atoms with Gasteiger partial charge in [-0.2, -0.15) is 0 Å². The maximum absolute atomic E-state index is 10.2. The average Bonchev–Trinajstić information content (AvgIpc) is 2.81. The van der Waals surface area contributed by atoms with Crippen LogP contribution in [0.4, 0.5) is 0 Å². The second kappa shape index (κ2) is 85.7. The van der Waals surface area contributed by atoms with E-state index in [2.05, 4.69) is 18.6 Å². The predicted octanol–water partition coefficient (Wildman–Crippen LogP) is 9.55. The van der Waals surface area contributed by atoms with Crippen molar-refractivity contribution in [3.8, 4) is 0 Å². The summed E-state index contributed by atoms with van der Waals surface area (Å²) in [4.78, 5) is 30.7. The van der Waals surface area contributed by atoms with E-state index in [-0.39, 0.29) is 94.5 Å². The minimum absolute atomic E-state index is 0. The molecule has 0 heterocycles. The number of esters is 3. The molecule has 0 rings (SSSR count). The summed E-state index contributed by atoms with van der Waals surface area (Å²) in [6, 6.07) is 0. The van der Waals surface area contributed by atoms with Gasteiger partial charge in [-0.15, -0.1) is 0 Å². The zero-order valence-electron chi connectivity index (χ0n) is 34.2. The molecule has 3 N–H and O–H groups in total. The lowest BCUT2D eigenvalue weighted by molar-refractivity contribution is -0.153. The number of carbonyl (C=O) groups excluding carboxylic acids is 3. The molecular weight excluding hydrogens is 626 g/mol. The number of rotatable bonds is 1. The third kappa shape index (κ3) is 442. The Hall–Kier alpha value is -1.62. The molecular formula is C37H96B2O10. The number of ether oxygens (including phenoxy) is 4. The van der Waals surface area contributed by atoms with Crippen LogP contribution < -0.4 is 0 Å². The van der Waals surface area contributed by atoms with Gasteiger partial charge in [0.05, 0.1) is 0 Å². The van der Waals surface area contributed by atoms with E-state index in [1.807, 2.05) is 96.9 Å². The number of carbonyl (C=O) groups is 3. The number of aliphatic hydroxyl groups excluding tert-OH is 3. The summed E-state index contributed by atoms with van der Waals surface area (Å²) >= 11 is 0. The van der Waals surface area contributed by atoms with Crippen molar-refractivity contribution in [2.75, 3.05) is 34.0 Å². The van der Waals surface area contributed by atoms with Crippen molar-refractivity contribution < 1.29 is 48.7 Å². The minimum Gasteiger partial charge on any atom is -0.460 e. The molecule has 0 amide bonds. The largest absolute Gasteiger partial charge is 0.460 e. The van der Waals surface area contributed by atoms with Crippen LogP contribution in [-0.2, 0) is 33.3 Å². The Balaban J connectivity index is -0.0000000182. The van der Waals surface area contributed by atoms with Gasteiger partial charge in [0, 0.05) is 71.6 Å². The molecule has 0 aliphatic heterocycles. The van der Waals surface area contributed by atoms with Crippen LogP contribution in [0.5, 0.6) is 0 Å². The van der Waals surface area contributed by atoms with Crippen molar-refractivity contribution in [2.24, 2.45) is 0 Å². The molecule has 0 unspecified atom stereocenters. The van der Waals surface area contributed by atoms with Gasteiger partial charge in [-0.05, 0) is 83.1 Å². The third-order valence-corrected chi connectivity index (χ3v) is 1.64. The molecule has 0 saturated heterocycles.